The van der Waals surface area contributed by atoms with Crippen molar-refractivity contribution >= 4 is 48.6 Å². The second-order valence-corrected chi connectivity index (χ2v) is 11.6. The quantitative estimate of drug-likeness (QED) is 0.205. The van der Waals surface area contributed by atoms with E-state index in [2.05, 4.69) is 140 Å². The number of hydrogen-bond donors (Lipinski definition) is 0. The topological polar surface area (TPSA) is 12.5 Å². The Bertz CT molecular complexity index is 2020. The summed E-state index contributed by atoms with van der Waals surface area (Å²) < 4.78 is 9.23. The number of thiophene rings is 1. The van der Waals surface area contributed by atoms with Gasteiger partial charge in [0.25, 0.3) is 0 Å². The Kier molecular flexibility index (Phi) is 5.31. The van der Waals surface area contributed by atoms with E-state index in [0.29, 0.717) is 0 Å². The molecule has 0 N–H and O–H groups in total. The fourth-order valence-corrected chi connectivity index (χ4v) is 7.96. The lowest BCUT2D eigenvalue weighted by atomic mass is 9.60. The molecule has 8 rings (SSSR count). The van der Waals surface area contributed by atoms with Crippen LogP contribution in [0.25, 0.3) is 20.2 Å². The van der Waals surface area contributed by atoms with Crippen LogP contribution in [-0.2, 0) is 5.41 Å². The summed E-state index contributed by atoms with van der Waals surface area (Å²) in [6, 6.07) is 41.7. The van der Waals surface area contributed by atoms with Crippen LogP contribution in [0.2, 0.25) is 0 Å². The van der Waals surface area contributed by atoms with Crippen molar-refractivity contribution in [2.45, 2.75) is 12.3 Å². The van der Waals surface area contributed by atoms with Crippen molar-refractivity contribution in [1.82, 2.24) is 0 Å². The molecular weight excluding hydrogens is 518 g/mol. The van der Waals surface area contributed by atoms with Crippen molar-refractivity contribution in [1.29, 1.82) is 0 Å². The number of anilines is 3. The molecule has 2 aliphatic heterocycles. The summed E-state index contributed by atoms with van der Waals surface area (Å²) >= 11 is 1.82. The number of rotatable bonds is 3. The first kappa shape index (κ1) is 24.0. The maximum Gasteiger partial charge on any atom is 0.133 e. The minimum atomic E-state index is -0.590. The van der Waals surface area contributed by atoms with Crippen LogP contribution in [0.3, 0.4) is 0 Å². The third-order valence-corrected chi connectivity index (χ3v) is 9.57. The molecule has 0 fully saturated rings. The Morgan fingerprint density at radius 3 is 2.10 bits per heavy atom. The summed E-state index contributed by atoms with van der Waals surface area (Å²) in [6.07, 6.45) is 6.06. The van der Waals surface area contributed by atoms with Gasteiger partial charge in [-0.2, -0.15) is 0 Å². The number of fused-ring (bicyclic) bond motifs is 9. The maximum absolute atomic E-state index is 6.70. The van der Waals surface area contributed by atoms with Gasteiger partial charge in [0, 0.05) is 37.0 Å². The number of allylic oxidation sites excluding steroid dienone is 5. The van der Waals surface area contributed by atoms with E-state index < -0.39 is 5.41 Å². The van der Waals surface area contributed by atoms with Crippen molar-refractivity contribution < 1.29 is 4.74 Å². The Hall–Kier alpha value is -4.86. The molecule has 0 atom stereocenters. The third kappa shape index (κ3) is 3.30. The molecule has 1 spiro atoms. The lowest BCUT2D eigenvalue weighted by Crippen LogP contribution is -2.40. The van der Waals surface area contributed by atoms with Crippen LogP contribution < -0.4 is 9.64 Å². The highest BCUT2D eigenvalue weighted by atomic mass is 32.1. The zero-order valence-electron chi connectivity index (χ0n) is 22.7. The van der Waals surface area contributed by atoms with E-state index in [9.17, 15) is 0 Å². The molecule has 3 heteroatoms. The number of ether oxygens (including phenoxy) is 1. The van der Waals surface area contributed by atoms with Gasteiger partial charge >= 0.3 is 0 Å². The minimum Gasteiger partial charge on any atom is -0.461 e. The molecule has 41 heavy (non-hydrogen) atoms. The van der Waals surface area contributed by atoms with Gasteiger partial charge in [-0.25, -0.2) is 0 Å². The SMILES string of the molecule is C=C/C=C\C1=C(C)Oc2cc3sc4ccccc4c3cc2C12c1ccccc1N(c1ccccc1)c1ccccc12. The van der Waals surface area contributed by atoms with Crippen molar-refractivity contribution in [3.63, 3.8) is 0 Å². The highest BCUT2D eigenvalue weighted by Gasteiger charge is 2.51. The number of nitrogens with zero attached hydrogens (tertiary/aromatic N) is 1. The van der Waals surface area contributed by atoms with Crippen molar-refractivity contribution in [3.05, 3.63) is 168 Å². The molecule has 1 aromatic heterocycles. The molecule has 0 radical (unpaired) electrons. The Labute approximate surface area is 243 Å². The molecule has 0 bridgehead atoms. The van der Waals surface area contributed by atoms with Crippen LogP contribution in [0.5, 0.6) is 5.75 Å². The summed E-state index contributed by atoms with van der Waals surface area (Å²) in [7, 11) is 0. The van der Waals surface area contributed by atoms with E-state index in [4.69, 9.17) is 4.74 Å². The van der Waals surface area contributed by atoms with Gasteiger partial charge < -0.3 is 9.64 Å². The van der Waals surface area contributed by atoms with Crippen LogP contribution in [0.1, 0.15) is 23.6 Å². The van der Waals surface area contributed by atoms with Gasteiger partial charge in [-0.05, 0) is 60.5 Å². The number of benzene rings is 5. The fraction of sp³-hybridized carbons (Fsp3) is 0.0526. The Balaban J connectivity index is 1.55. The van der Waals surface area contributed by atoms with Crippen molar-refractivity contribution in [3.8, 4) is 5.75 Å². The fourth-order valence-electron chi connectivity index (χ4n) is 6.85. The summed E-state index contributed by atoms with van der Waals surface area (Å²) in [5.41, 5.74) is 7.62. The average molecular weight is 546 g/mol. The van der Waals surface area contributed by atoms with E-state index in [1.54, 1.807) is 0 Å². The molecule has 0 unspecified atom stereocenters. The average Bonchev–Trinajstić information content (AvgIpc) is 3.38. The molecule has 0 aliphatic carbocycles. The van der Waals surface area contributed by atoms with E-state index in [0.717, 1.165) is 39.7 Å². The van der Waals surface area contributed by atoms with E-state index in [1.165, 1.54) is 31.3 Å². The smallest absolute Gasteiger partial charge is 0.133 e. The first-order valence-electron chi connectivity index (χ1n) is 13.9. The standard InChI is InChI=1S/C38H27NOS/c1-3-4-17-29-25(2)40-35-24-37-28(27-16-8-13-22-36(27)41-37)23-32(35)38(29)30-18-9-11-20-33(30)39(26-14-6-5-7-15-26)34-21-12-10-19-31(34)38/h3-24H,1H2,2H3/b17-4-. The Morgan fingerprint density at radius 1 is 0.707 bits per heavy atom. The highest BCUT2D eigenvalue weighted by molar-refractivity contribution is 7.25. The van der Waals surface area contributed by atoms with Gasteiger partial charge in [-0.15, -0.1) is 11.3 Å². The normalized spacial score (nSPS) is 15.2. The monoisotopic (exact) mass is 545 g/mol. The number of hydrogen-bond acceptors (Lipinski definition) is 3. The summed E-state index contributed by atoms with van der Waals surface area (Å²) in [5, 5.41) is 2.54. The van der Waals surface area contributed by atoms with Gasteiger partial charge in [0.15, 0.2) is 0 Å². The van der Waals surface area contributed by atoms with Gasteiger partial charge in [-0.3, -0.25) is 0 Å². The van der Waals surface area contributed by atoms with Crippen LogP contribution in [-0.4, -0.2) is 0 Å². The third-order valence-electron chi connectivity index (χ3n) is 8.44. The molecule has 0 saturated carbocycles. The molecule has 196 valence electrons. The lowest BCUT2D eigenvalue weighted by molar-refractivity contribution is 0.387. The second-order valence-electron chi connectivity index (χ2n) is 10.6. The summed E-state index contributed by atoms with van der Waals surface area (Å²) in [6.45, 7) is 6.09. The predicted octanol–water partition coefficient (Wildman–Crippen LogP) is 10.6. The van der Waals surface area contributed by atoms with E-state index in [-0.39, 0.29) is 0 Å². The molecule has 5 aromatic carbocycles. The van der Waals surface area contributed by atoms with Gasteiger partial charge in [0.2, 0.25) is 0 Å². The zero-order valence-corrected chi connectivity index (χ0v) is 23.5. The van der Waals surface area contributed by atoms with Crippen LogP contribution in [0, 0.1) is 0 Å². The van der Waals surface area contributed by atoms with Gasteiger partial charge in [0.05, 0.1) is 16.8 Å². The molecular formula is C38H27NOS. The van der Waals surface area contributed by atoms with Crippen molar-refractivity contribution in [2.24, 2.45) is 0 Å². The van der Waals surface area contributed by atoms with Gasteiger partial charge in [0.1, 0.15) is 11.5 Å². The largest absolute Gasteiger partial charge is 0.461 e. The van der Waals surface area contributed by atoms with Crippen molar-refractivity contribution in [2.75, 3.05) is 4.90 Å². The van der Waals surface area contributed by atoms with E-state index >= 15 is 0 Å². The lowest BCUT2D eigenvalue weighted by Gasteiger charge is -2.49. The second kappa shape index (κ2) is 9.09. The first-order valence-corrected chi connectivity index (χ1v) is 14.7. The molecule has 6 aromatic rings. The number of para-hydroxylation sites is 3. The molecule has 0 amide bonds. The van der Waals surface area contributed by atoms with Crippen LogP contribution in [0.4, 0.5) is 17.1 Å². The predicted molar refractivity (Wildman–Crippen MR) is 173 cm³/mol. The summed E-state index contributed by atoms with van der Waals surface area (Å²) in [5.74, 6) is 1.81. The molecule has 2 nitrogen and oxygen atoms in total. The Morgan fingerprint density at radius 2 is 1.37 bits per heavy atom. The van der Waals surface area contributed by atoms with Crippen LogP contribution >= 0.6 is 11.3 Å². The summed E-state index contributed by atoms with van der Waals surface area (Å²) in [4.78, 5) is 2.40. The zero-order chi connectivity index (χ0) is 27.6. The molecule has 0 saturated heterocycles. The molecule has 2 aliphatic rings. The first-order chi connectivity index (χ1) is 20.2. The van der Waals surface area contributed by atoms with Gasteiger partial charge in [-0.1, -0.05) is 97.6 Å². The molecule has 3 heterocycles. The van der Waals surface area contributed by atoms with E-state index in [1.807, 2.05) is 23.5 Å². The minimum absolute atomic E-state index is 0.590. The van der Waals surface area contributed by atoms with Crippen LogP contribution in [0.15, 0.2) is 151 Å². The highest BCUT2D eigenvalue weighted by Crippen LogP contribution is 2.62. The maximum atomic E-state index is 6.70.